The Morgan fingerprint density at radius 1 is 1.30 bits per heavy atom. The number of thioether (sulfide) groups is 1. The Hall–Kier alpha value is -2.13. The van der Waals surface area contributed by atoms with Crippen LogP contribution in [0.25, 0.3) is 10.2 Å². The summed E-state index contributed by atoms with van der Waals surface area (Å²) in [4.78, 5) is 23.8. The van der Waals surface area contributed by atoms with Gasteiger partial charge in [-0.1, -0.05) is 30.8 Å². The number of para-hydroxylation sites is 1. The van der Waals surface area contributed by atoms with Gasteiger partial charge in [0.2, 0.25) is 5.91 Å². The highest BCUT2D eigenvalue weighted by Crippen LogP contribution is 2.41. The highest BCUT2D eigenvalue weighted by molar-refractivity contribution is 8.00. The summed E-state index contributed by atoms with van der Waals surface area (Å²) in [7, 11) is 0. The van der Waals surface area contributed by atoms with Crippen molar-refractivity contribution in [3.8, 4) is 0 Å². The molecular weight excluding hydrogens is 431 g/mol. The van der Waals surface area contributed by atoms with Gasteiger partial charge >= 0.3 is 6.18 Å². The van der Waals surface area contributed by atoms with Crippen LogP contribution in [-0.2, 0) is 23.8 Å². The average Bonchev–Trinajstić information content (AvgIpc) is 3.02. The van der Waals surface area contributed by atoms with Gasteiger partial charge in [-0.3, -0.25) is 4.79 Å². The summed E-state index contributed by atoms with van der Waals surface area (Å²) in [5.41, 5.74) is 0.171. The number of carbonyl (C=O) groups excluding carboxylic acids is 1. The lowest BCUT2D eigenvalue weighted by atomic mass is 9.89. The summed E-state index contributed by atoms with van der Waals surface area (Å²) in [5, 5.41) is 4.12. The monoisotopic (exact) mass is 451 g/mol. The lowest BCUT2D eigenvalue weighted by Crippen LogP contribution is -2.18. The molecule has 1 aliphatic carbocycles. The van der Waals surface area contributed by atoms with Gasteiger partial charge < -0.3 is 5.32 Å². The number of alkyl halides is 3. The molecule has 4 rings (SSSR count). The number of nitrogens with zero attached hydrogens (tertiary/aromatic N) is 2. The van der Waals surface area contributed by atoms with Crippen LogP contribution in [0.2, 0.25) is 0 Å². The fourth-order valence-corrected chi connectivity index (χ4v) is 6.07. The molecule has 0 aliphatic heterocycles. The van der Waals surface area contributed by atoms with Crippen molar-refractivity contribution < 1.29 is 18.0 Å². The molecule has 1 aliphatic rings. The highest BCUT2D eigenvalue weighted by Gasteiger charge is 2.33. The minimum Gasteiger partial charge on any atom is -0.325 e. The van der Waals surface area contributed by atoms with Crippen LogP contribution in [0.1, 0.15) is 35.2 Å². The van der Waals surface area contributed by atoms with E-state index in [9.17, 15) is 18.0 Å². The Morgan fingerprint density at radius 3 is 2.83 bits per heavy atom. The lowest BCUT2D eigenvalue weighted by molar-refractivity contribution is -0.137. The second kappa shape index (κ2) is 8.19. The van der Waals surface area contributed by atoms with Crippen LogP contribution < -0.4 is 5.32 Å². The quantitative estimate of drug-likeness (QED) is 0.398. The Labute approximate surface area is 180 Å². The van der Waals surface area contributed by atoms with Gasteiger partial charge in [-0.2, -0.15) is 13.2 Å². The van der Waals surface area contributed by atoms with Gasteiger partial charge in [0, 0.05) is 10.3 Å². The van der Waals surface area contributed by atoms with E-state index in [1.807, 2.05) is 6.92 Å². The molecule has 2 heterocycles. The minimum absolute atomic E-state index is 0.0290. The molecule has 1 atom stereocenters. The summed E-state index contributed by atoms with van der Waals surface area (Å²) >= 11 is 2.93. The molecule has 3 aromatic rings. The molecular formula is C21H20F3N3OS2. The van der Waals surface area contributed by atoms with E-state index in [4.69, 9.17) is 0 Å². The number of nitrogens with one attached hydrogen (secondary N) is 1. The third-order valence-electron chi connectivity index (χ3n) is 5.08. The van der Waals surface area contributed by atoms with E-state index < -0.39 is 17.6 Å². The van der Waals surface area contributed by atoms with Crippen molar-refractivity contribution in [2.75, 3.05) is 11.1 Å². The molecule has 1 N–H and O–H groups in total. The van der Waals surface area contributed by atoms with E-state index in [1.54, 1.807) is 11.3 Å². The first-order valence-electron chi connectivity index (χ1n) is 9.60. The van der Waals surface area contributed by atoms with E-state index in [0.717, 1.165) is 40.6 Å². The van der Waals surface area contributed by atoms with Crippen molar-refractivity contribution in [3.63, 3.8) is 0 Å². The molecule has 1 aromatic carbocycles. The van der Waals surface area contributed by atoms with Gasteiger partial charge in [0.15, 0.2) is 0 Å². The highest BCUT2D eigenvalue weighted by atomic mass is 32.2. The van der Waals surface area contributed by atoms with Crippen LogP contribution in [0.5, 0.6) is 0 Å². The van der Waals surface area contributed by atoms with Gasteiger partial charge in [-0.25, -0.2) is 9.97 Å². The minimum atomic E-state index is -4.53. The van der Waals surface area contributed by atoms with E-state index in [-0.39, 0.29) is 11.4 Å². The molecule has 30 heavy (non-hydrogen) atoms. The van der Waals surface area contributed by atoms with Crippen LogP contribution >= 0.6 is 23.1 Å². The fraction of sp³-hybridized carbons (Fsp3) is 0.381. The van der Waals surface area contributed by atoms with Crippen LogP contribution in [0.15, 0.2) is 29.3 Å². The number of anilines is 1. The predicted octanol–water partition coefficient (Wildman–Crippen LogP) is 5.87. The molecule has 0 radical (unpaired) electrons. The second-order valence-electron chi connectivity index (χ2n) is 7.49. The predicted molar refractivity (Wildman–Crippen MR) is 114 cm³/mol. The third-order valence-corrected chi connectivity index (χ3v) is 7.20. The van der Waals surface area contributed by atoms with E-state index in [0.29, 0.717) is 11.7 Å². The van der Waals surface area contributed by atoms with Crippen LogP contribution in [0, 0.1) is 12.8 Å². The number of hydrogen-bond acceptors (Lipinski definition) is 5. The second-order valence-corrected chi connectivity index (χ2v) is 9.54. The summed E-state index contributed by atoms with van der Waals surface area (Å²) in [6, 6.07) is 4.98. The first kappa shape index (κ1) is 21.1. The SMILES string of the molecule is Cc1nc(SCC(=O)Nc2ccccc2C(F)(F)F)c2c3c(sc2n1)C[C@@H](C)CC3. The molecule has 9 heteroatoms. The van der Waals surface area contributed by atoms with Crippen LogP contribution in [-0.4, -0.2) is 21.6 Å². The standard InChI is InChI=1S/C21H20F3N3OS2/c1-11-7-8-13-16(9-11)30-20-18(13)19(25-12(2)26-20)29-10-17(28)27-15-6-4-3-5-14(15)21(22,23)24/h3-6,11H,7-10H2,1-2H3,(H,27,28)/t11-/m0/s1. The van der Waals surface area contributed by atoms with Gasteiger partial charge in [0.25, 0.3) is 0 Å². The number of aromatic nitrogens is 2. The van der Waals surface area contributed by atoms with Gasteiger partial charge in [0.1, 0.15) is 15.7 Å². The number of aryl methyl sites for hydroxylation is 2. The number of benzene rings is 1. The summed E-state index contributed by atoms with van der Waals surface area (Å²) in [6.45, 7) is 4.05. The zero-order chi connectivity index (χ0) is 21.5. The summed E-state index contributed by atoms with van der Waals surface area (Å²) in [6.07, 6.45) is -1.44. The smallest absolute Gasteiger partial charge is 0.325 e. The largest absolute Gasteiger partial charge is 0.418 e. The van der Waals surface area contributed by atoms with Crippen molar-refractivity contribution in [1.82, 2.24) is 9.97 Å². The number of carbonyl (C=O) groups is 1. The first-order valence-corrected chi connectivity index (χ1v) is 11.4. The number of halogens is 3. The summed E-state index contributed by atoms with van der Waals surface area (Å²) in [5.74, 6) is 0.729. The van der Waals surface area contributed by atoms with Crippen molar-refractivity contribution in [1.29, 1.82) is 0 Å². The zero-order valence-electron chi connectivity index (χ0n) is 16.5. The maximum Gasteiger partial charge on any atom is 0.418 e. The van der Waals surface area contributed by atoms with Gasteiger partial charge in [-0.05, 0) is 49.8 Å². The molecule has 0 unspecified atom stereocenters. The summed E-state index contributed by atoms with van der Waals surface area (Å²) < 4.78 is 39.4. The zero-order valence-corrected chi connectivity index (χ0v) is 18.1. The van der Waals surface area contributed by atoms with E-state index in [2.05, 4.69) is 22.2 Å². The Balaban J connectivity index is 1.55. The van der Waals surface area contributed by atoms with Gasteiger partial charge in [0.05, 0.1) is 17.0 Å². The molecule has 2 aromatic heterocycles. The molecule has 0 saturated carbocycles. The van der Waals surface area contributed by atoms with Crippen LogP contribution in [0.4, 0.5) is 18.9 Å². The van der Waals surface area contributed by atoms with Crippen molar-refractivity contribution in [2.45, 2.75) is 44.3 Å². The normalized spacial score (nSPS) is 16.5. The van der Waals surface area contributed by atoms with E-state index >= 15 is 0 Å². The van der Waals surface area contributed by atoms with Crippen LogP contribution in [0.3, 0.4) is 0 Å². The fourth-order valence-electron chi connectivity index (χ4n) is 3.67. The molecule has 0 saturated heterocycles. The molecule has 0 spiro atoms. The first-order chi connectivity index (χ1) is 14.2. The number of thiophene rings is 1. The Morgan fingerprint density at radius 2 is 2.07 bits per heavy atom. The van der Waals surface area contributed by atoms with E-state index in [1.165, 1.54) is 40.4 Å². The maximum atomic E-state index is 13.1. The van der Waals surface area contributed by atoms with Gasteiger partial charge in [-0.15, -0.1) is 11.3 Å². The number of fused-ring (bicyclic) bond motifs is 3. The lowest BCUT2D eigenvalue weighted by Gasteiger charge is -2.18. The maximum absolute atomic E-state index is 13.1. The Bertz CT molecular complexity index is 1110. The molecule has 1 amide bonds. The molecule has 4 nitrogen and oxygen atoms in total. The molecule has 158 valence electrons. The number of hydrogen-bond donors (Lipinski definition) is 1. The molecule has 0 fully saturated rings. The Kier molecular flexibility index (Phi) is 5.76. The molecule has 0 bridgehead atoms. The average molecular weight is 452 g/mol. The van der Waals surface area contributed by atoms with Crippen molar-refractivity contribution in [3.05, 3.63) is 46.1 Å². The van der Waals surface area contributed by atoms with Crippen molar-refractivity contribution >= 4 is 44.9 Å². The number of rotatable bonds is 4. The van der Waals surface area contributed by atoms with Crippen molar-refractivity contribution in [2.24, 2.45) is 5.92 Å². The number of amides is 1. The topological polar surface area (TPSA) is 54.9 Å². The third kappa shape index (κ3) is 4.32.